The lowest BCUT2D eigenvalue weighted by molar-refractivity contribution is -0.466. The van der Waals surface area contributed by atoms with Crippen molar-refractivity contribution in [3.63, 3.8) is 0 Å². The second-order valence-corrected chi connectivity index (χ2v) is 3.21. The number of nitrogens with zero attached hydrogens (tertiary/aromatic N) is 2. The molecule has 0 aliphatic carbocycles. The molecule has 10 N–H and O–H groups in total. The highest BCUT2D eigenvalue weighted by atomic mass is 16.4. The zero-order chi connectivity index (χ0) is 15.5. The molecule has 0 radical (unpaired) electrons. The van der Waals surface area contributed by atoms with Crippen molar-refractivity contribution in [3.8, 4) is 0 Å². The highest BCUT2D eigenvalue weighted by Gasteiger charge is 1.82. The minimum atomic E-state index is -2.19. The third-order valence-electron chi connectivity index (χ3n) is 1.20. The molecule has 11 heteroatoms. The summed E-state index contributed by atoms with van der Waals surface area (Å²) in [7, 11) is 7.15. The van der Waals surface area contributed by atoms with E-state index in [0.29, 0.717) is 11.9 Å². The SMILES string of the molecule is C[N+](C)=C(N)N.C[N+](C)=C(N)N.O.O=C([O-])C(=O)[O-]. The molecule has 11 nitrogen and oxygen atoms in total. The Morgan fingerprint density at radius 1 is 0.737 bits per heavy atom. The molecular weight excluding hydrogens is 260 g/mol. The summed E-state index contributed by atoms with van der Waals surface area (Å²) in [5, 5.41) is 17.9. The summed E-state index contributed by atoms with van der Waals surface area (Å²) in [5.41, 5.74) is 20.2. The van der Waals surface area contributed by atoms with Crippen molar-refractivity contribution in [2.75, 3.05) is 28.2 Å². The molecule has 114 valence electrons. The van der Waals surface area contributed by atoms with E-state index >= 15 is 0 Å². The van der Waals surface area contributed by atoms with Gasteiger partial charge in [-0.05, 0) is 0 Å². The van der Waals surface area contributed by atoms with E-state index in [9.17, 15) is 0 Å². The molecule has 0 heterocycles. The highest BCUT2D eigenvalue weighted by Crippen LogP contribution is 1.44. The van der Waals surface area contributed by atoms with Gasteiger partial charge in [0.25, 0.3) is 0 Å². The summed E-state index contributed by atoms with van der Waals surface area (Å²) >= 11 is 0. The van der Waals surface area contributed by atoms with Crippen molar-refractivity contribution < 1.29 is 34.4 Å². The van der Waals surface area contributed by atoms with Crippen molar-refractivity contribution in [2.24, 2.45) is 22.9 Å². The molecule has 0 unspecified atom stereocenters. The third kappa shape index (κ3) is 31.3. The van der Waals surface area contributed by atoms with E-state index in [0.717, 1.165) is 0 Å². The van der Waals surface area contributed by atoms with Crippen LogP contribution in [0.1, 0.15) is 0 Å². The molecule has 0 atom stereocenters. The van der Waals surface area contributed by atoms with Crippen LogP contribution in [0.4, 0.5) is 0 Å². The Morgan fingerprint density at radius 3 is 0.842 bits per heavy atom. The number of nitrogens with two attached hydrogens (primary N) is 4. The van der Waals surface area contributed by atoms with Crippen molar-refractivity contribution in [3.05, 3.63) is 0 Å². The summed E-state index contributed by atoms with van der Waals surface area (Å²) < 4.78 is 3.28. The van der Waals surface area contributed by atoms with Crippen molar-refractivity contribution in [1.29, 1.82) is 0 Å². The van der Waals surface area contributed by atoms with Gasteiger partial charge in [0.2, 0.25) is 0 Å². The Balaban J connectivity index is -0.0000000865. The Bertz CT molecular complexity index is 282. The number of hydrogen-bond acceptors (Lipinski definition) is 4. The molecule has 0 spiro atoms. The van der Waals surface area contributed by atoms with E-state index in [2.05, 4.69) is 0 Å². The summed E-state index contributed by atoms with van der Waals surface area (Å²) in [6.07, 6.45) is 0. The number of carbonyl (C=O) groups is 2. The molecule has 0 aromatic carbocycles. The van der Waals surface area contributed by atoms with E-state index in [4.69, 9.17) is 42.7 Å². The number of carboxylic acid groups (broad SMARTS) is 2. The summed E-state index contributed by atoms with van der Waals surface area (Å²) in [6.45, 7) is 0. The molecule has 0 bridgehead atoms. The van der Waals surface area contributed by atoms with Gasteiger partial charge in [0.1, 0.15) is 0 Å². The van der Waals surface area contributed by atoms with Gasteiger partial charge in [-0.15, -0.1) is 0 Å². The van der Waals surface area contributed by atoms with Gasteiger partial charge in [-0.1, -0.05) is 0 Å². The normalized spacial score (nSPS) is 7.16. The largest absolute Gasteiger partial charge is 0.543 e. The average molecular weight is 282 g/mol. The van der Waals surface area contributed by atoms with Gasteiger partial charge in [-0.3, -0.25) is 32.1 Å². The first-order valence-electron chi connectivity index (χ1n) is 4.46. The minimum absolute atomic E-state index is 0. The molecule has 0 aromatic heterocycles. The van der Waals surface area contributed by atoms with Gasteiger partial charge in [0.15, 0.2) is 0 Å². The van der Waals surface area contributed by atoms with E-state index in [-0.39, 0.29) is 5.48 Å². The monoisotopic (exact) mass is 282 g/mol. The van der Waals surface area contributed by atoms with Crippen LogP contribution in [0.2, 0.25) is 0 Å². The smallest absolute Gasteiger partial charge is 0.340 e. The Hall–Kier alpha value is -2.56. The van der Waals surface area contributed by atoms with E-state index in [1.807, 2.05) is 0 Å². The molecule has 0 saturated carbocycles. The van der Waals surface area contributed by atoms with E-state index < -0.39 is 11.9 Å². The molecule has 0 aliphatic rings. The van der Waals surface area contributed by atoms with Crippen molar-refractivity contribution in [1.82, 2.24) is 0 Å². The maximum atomic E-state index is 8.93. The number of guanidine groups is 2. The summed E-state index contributed by atoms with van der Waals surface area (Å²) in [4.78, 5) is 17.9. The van der Waals surface area contributed by atoms with Gasteiger partial charge in [0, 0.05) is 0 Å². The van der Waals surface area contributed by atoms with Gasteiger partial charge in [-0.2, -0.15) is 0 Å². The molecule has 0 aromatic rings. The topological polar surface area (TPSA) is 222 Å². The lowest BCUT2D eigenvalue weighted by Crippen LogP contribution is -2.42. The maximum absolute atomic E-state index is 8.93. The lowest BCUT2D eigenvalue weighted by Gasteiger charge is -1.97. The number of aliphatic carboxylic acids is 2. The zero-order valence-electron chi connectivity index (χ0n) is 11.3. The van der Waals surface area contributed by atoms with Crippen LogP contribution in [-0.2, 0) is 9.59 Å². The second kappa shape index (κ2) is 13.5. The molecule has 0 rings (SSSR count). The first-order chi connectivity index (χ1) is 7.93. The first kappa shape index (κ1) is 25.3. The Kier molecular flexibility index (Phi) is 18.0. The molecule has 0 aliphatic heterocycles. The average Bonchev–Trinajstić information content (AvgIpc) is 2.18. The fourth-order valence-corrected chi connectivity index (χ4v) is 0. The molecule has 0 fully saturated rings. The van der Waals surface area contributed by atoms with Crippen LogP contribution in [0.15, 0.2) is 0 Å². The van der Waals surface area contributed by atoms with Crippen molar-refractivity contribution in [2.45, 2.75) is 0 Å². The number of hydrogen-bond donors (Lipinski definition) is 4. The predicted octanol–water partition coefficient (Wildman–Crippen LogP) is -7.27. The van der Waals surface area contributed by atoms with Gasteiger partial charge in [0.05, 0.1) is 40.1 Å². The van der Waals surface area contributed by atoms with E-state index in [1.54, 1.807) is 37.3 Å². The zero-order valence-corrected chi connectivity index (χ0v) is 11.3. The van der Waals surface area contributed by atoms with Gasteiger partial charge in [-0.25, -0.2) is 0 Å². The van der Waals surface area contributed by atoms with Gasteiger partial charge >= 0.3 is 11.9 Å². The van der Waals surface area contributed by atoms with Crippen LogP contribution in [0, 0.1) is 0 Å². The molecular formula is C8H22N6O5. The summed E-state index contributed by atoms with van der Waals surface area (Å²) in [6, 6.07) is 0. The fourth-order valence-electron chi connectivity index (χ4n) is 0. The lowest BCUT2D eigenvalue weighted by atomic mass is 10.7. The predicted molar refractivity (Wildman–Crippen MR) is 64.6 cm³/mol. The number of rotatable bonds is 0. The number of carboxylic acids is 2. The first-order valence-corrected chi connectivity index (χ1v) is 4.46. The maximum Gasteiger partial charge on any atom is 0.340 e. The molecule has 0 amide bonds. The minimum Gasteiger partial charge on any atom is -0.543 e. The van der Waals surface area contributed by atoms with Crippen LogP contribution < -0.4 is 33.1 Å². The van der Waals surface area contributed by atoms with Crippen LogP contribution in [0.5, 0.6) is 0 Å². The molecule has 0 saturated heterocycles. The summed E-state index contributed by atoms with van der Waals surface area (Å²) in [5.74, 6) is -3.69. The van der Waals surface area contributed by atoms with Crippen LogP contribution in [0.25, 0.3) is 0 Å². The second-order valence-electron chi connectivity index (χ2n) is 3.21. The molecule has 19 heavy (non-hydrogen) atoms. The van der Waals surface area contributed by atoms with Crippen LogP contribution >= 0.6 is 0 Å². The van der Waals surface area contributed by atoms with Crippen molar-refractivity contribution >= 4 is 23.9 Å². The number of carbonyl (C=O) groups excluding carboxylic acids is 2. The van der Waals surface area contributed by atoms with E-state index in [1.165, 1.54) is 0 Å². The van der Waals surface area contributed by atoms with Crippen LogP contribution in [-0.4, -0.2) is 66.7 Å². The third-order valence-corrected chi connectivity index (χ3v) is 1.20. The standard InChI is InChI=1S/2C3H9N3.C2H2O4.H2O/c2*1-6(2)3(4)5;3-1(4)2(5)6;/h2*1-2H3,(H3,4,5);(H,3,4)(H,5,6);1H2. The Labute approximate surface area is 110 Å². The van der Waals surface area contributed by atoms with Crippen LogP contribution in [0.3, 0.4) is 0 Å². The highest BCUT2D eigenvalue weighted by molar-refractivity contribution is 6.25. The quantitative estimate of drug-likeness (QED) is 0.144. The fraction of sp³-hybridized carbons (Fsp3) is 0.500. The Morgan fingerprint density at radius 2 is 0.842 bits per heavy atom. The van der Waals surface area contributed by atoms with Gasteiger partial charge < -0.3 is 25.3 Å².